The van der Waals surface area contributed by atoms with Gasteiger partial charge in [-0.25, -0.2) is 0 Å². The average molecular weight is 569 g/mol. The topological polar surface area (TPSA) is 69.0 Å². The van der Waals surface area contributed by atoms with E-state index in [9.17, 15) is 18.0 Å². The molecule has 1 N–H and O–H groups in total. The molecule has 0 fully saturated rings. The van der Waals surface area contributed by atoms with E-state index in [-0.39, 0.29) is 24.0 Å². The van der Waals surface area contributed by atoms with Gasteiger partial charge in [0.25, 0.3) is 0 Å². The fourth-order valence-corrected chi connectivity index (χ4v) is 4.39. The van der Waals surface area contributed by atoms with E-state index in [4.69, 9.17) is 4.74 Å². The zero-order chi connectivity index (χ0) is 25.6. The molecule has 2 aromatic carbocycles. The molecule has 0 unspecified atom stereocenters. The van der Waals surface area contributed by atoms with Gasteiger partial charge in [-0.2, -0.15) is 13.2 Å². The number of carbonyl (C=O) groups is 1. The minimum absolute atomic E-state index is 0.146. The fourth-order valence-electron chi connectivity index (χ4n) is 3.24. The number of amides is 1. The zero-order valence-electron chi connectivity index (χ0n) is 19.1. The summed E-state index contributed by atoms with van der Waals surface area (Å²) >= 11 is 4.54. The Morgan fingerprint density at radius 3 is 2.69 bits per heavy atom. The highest BCUT2D eigenvalue weighted by Gasteiger charge is 2.33. The van der Waals surface area contributed by atoms with Crippen molar-refractivity contribution >= 4 is 39.3 Å². The molecule has 0 saturated carbocycles. The lowest BCUT2D eigenvalue weighted by Gasteiger charge is -2.15. The van der Waals surface area contributed by atoms with E-state index in [1.165, 1.54) is 18.2 Å². The highest BCUT2D eigenvalue weighted by Crippen LogP contribution is 2.35. The molecule has 1 amide bonds. The maximum absolute atomic E-state index is 13.2. The van der Waals surface area contributed by atoms with Gasteiger partial charge in [0.15, 0.2) is 11.0 Å². The lowest BCUT2D eigenvalue weighted by atomic mass is 10.0. The van der Waals surface area contributed by atoms with Gasteiger partial charge >= 0.3 is 6.18 Å². The van der Waals surface area contributed by atoms with Crippen LogP contribution < -0.4 is 10.1 Å². The molecule has 35 heavy (non-hydrogen) atoms. The van der Waals surface area contributed by atoms with E-state index in [0.717, 1.165) is 33.6 Å². The molecule has 3 rings (SSSR count). The van der Waals surface area contributed by atoms with Crippen LogP contribution in [0.4, 0.5) is 18.9 Å². The van der Waals surface area contributed by atoms with Crippen molar-refractivity contribution in [1.82, 2.24) is 14.8 Å². The number of para-hydroxylation sites is 1. The smallest absolute Gasteiger partial charge is 0.418 e. The number of thioether (sulfide) groups is 1. The molecule has 0 spiro atoms. The number of hydrogen-bond donors (Lipinski definition) is 1. The van der Waals surface area contributed by atoms with Crippen molar-refractivity contribution < 1.29 is 22.7 Å². The quantitative estimate of drug-likeness (QED) is 0.218. The summed E-state index contributed by atoms with van der Waals surface area (Å²) in [5.41, 5.74) is -0.149. The van der Waals surface area contributed by atoms with E-state index in [1.807, 2.05) is 18.2 Å². The standard InChI is InChI=1S/C24H24BrF3N4O2S/c1-4-11-32-21(13-34-20-10-9-16(25)12-17(20)15(2)3)30-31-23(32)35-14-22(33)29-19-8-6-5-7-18(19)24(26,27)28/h4-10,12,15H,1,11,13-14H2,2-3H3,(H,29,33). The van der Waals surface area contributed by atoms with Crippen molar-refractivity contribution in [2.24, 2.45) is 0 Å². The molecule has 3 aromatic rings. The highest BCUT2D eigenvalue weighted by atomic mass is 79.9. The molecule has 0 saturated heterocycles. The van der Waals surface area contributed by atoms with E-state index < -0.39 is 17.6 Å². The van der Waals surface area contributed by atoms with Crippen molar-refractivity contribution in [3.8, 4) is 5.75 Å². The third-order valence-electron chi connectivity index (χ3n) is 4.89. The number of rotatable bonds is 10. The number of hydrogen-bond acceptors (Lipinski definition) is 5. The molecular formula is C24H24BrF3N4O2S. The number of alkyl halides is 3. The number of benzene rings is 2. The van der Waals surface area contributed by atoms with Crippen molar-refractivity contribution in [2.75, 3.05) is 11.1 Å². The van der Waals surface area contributed by atoms with Crippen LogP contribution in [0.5, 0.6) is 5.75 Å². The van der Waals surface area contributed by atoms with Crippen molar-refractivity contribution in [3.05, 3.63) is 76.5 Å². The molecule has 0 aliphatic heterocycles. The Balaban J connectivity index is 1.69. The molecule has 0 radical (unpaired) electrons. The number of halogens is 4. The summed E-state index contributed by atoms with van der Waals surface area (Å²) in [5.74, 6) is 0.780. The number of allylic oxidation sites excluding steroid dienone is 1. The third kappa shape index (κ3) is 7.11. The number of carbonyl (C=O) groups excluding carboxylic acids is 1. The fraction of sp³-hybridized carbons (Fsp3) is 0.292. The van der Waals surface area contributed by atoms with Crippen LogP contribution in [0.1, 0.15) is 36.7 Å². The average Bonchev–Trinajstić information content (AvgIpc) is 3.18. The first-order valence-electron chi connectivity index (χ1n) is 10.6. The maximum atomic E-state index is 13.2. The first-order chi connectivity index (χ1) is 16.6. The van der Waals surface area contributed by atoms with Crippen LogP contribution in [0.15, 0.2) is 64.7 Å². The largest absolute Gasteiger partial charge is 0.485 e. The molecule has 186 valence electrons. The second-order valence-corrected chi connectivity index (χ2v) is 9.66. The van der Waals surface area contributed by atoms with Crippen LogP contribution in [0.3, 0.4) is 0 Å². The molecule has 0 aliphatic carbocycles. The number of ether oxygens (including phenoxy) is 1. The number of aromatic nitrogens is 3. The summed E-state index contributed by atoms with van der Waals surface area (Å²) in [6, 6.07) is 10.6. The summed E-state index contributed by atoms with van der Waals surface area (Å²) < 4.78 is 48.2. The Hall–Kier alpha value is -2.79. The van der Waals surface area contributed by atoms with Gasteiger partial charge < -0.3 is 10.1 Å². The Bertz CT molecular complexity index is 1200. The molecule has 11 heteroatoms. The van der Waals surface area contributed by atoms with Gasteiger partial charge in [-0.1, -0.05) is 59.7 Å². The van der Waals surface area contributed by atoms with Gasteiger partial charge in [-0.3, -0.25) is 9.36 Å². The van der Waals surface area contributed by atoms with E-state index in [0.29, 0.717) is 17.5 Å². The summed E-state index contributed by atoms with van der Waals surface area (Å²) in [5, 5.41) is 11.1. The summed E-state index contributed by atoms with van der Waals surface area (Å²) in [7, 11) is 0. The Morgan fingerprint density at radius 1 is 1.26 bits per heavy atom. The van der Waals surface area contributed by atoms with Gasteiger partial charge in [-0.05, 0) is 41.8 Å². The second-order valence-electron chi connectivity index (χ2n) is 7.80. The van der Waals surface area contributed by atoms with Crippen LogP contribution >= 0.6 is 27.7 Å². The maximum Gasteiger partial charge on any atom is 0.418 e. The number of nitrogens with one attached hydrogen (secondary N) is 1. The third-order valence-corrected chi connectivity index (χ3v) is 6.35. The van der Waals surface area contributed by atoms with E-state index >= 15 is 0 Å². The molecule has 0 bridgehead atoms. The SMILES string of the molecule is C=CCn1c(COc2ccc(Br)cc2C(C)C)nnc1SCC(=O)Nc1ccccc1C(F)(F)F. The summed E-state index contributed by atoms with van der Waals surface area (Å²) in [4.78, 5) is 12.4. The normalized spacial score (nSPS) is 11.5. The van der Waals surface area contributed by atoms with E-state index in [1.54, 1.807) is 10.6 Å². The monoisotopic (exact) mass is 568 g/mol. The number of anilines is 1. The van der Waals surface area contributed by atoms with Gasteiger partial charge in [0.05, 0.1) is 17.0 Å². The van der Waals surface area contributed by atoms with Crippen molar-refractivity contribution in [3.63, 3.8) is 0 Å². The lowest BCUT2D eigenvalue weighted by Crippen LogP contribution is -2.18. The first-order valence-corrected chi connectivity index (χ1v) is 12.4. The van der Waals surface area contributed by atoms with Crippen LogP contribution in [0, 0.1) is 0 Å². The summed E-state index contributed by atoms with van der Waals surface area (Å²) in [6.45, 7) is 8.42. The molecule has 1 heterocycles. The first kappa shape index (κ1) is 26.8. The lowest BCUT2D eigenvalue weighted by molar-refractivity contribution is -0.137. The minimum atomic E-state index is -4.57. The predicted molar refractivity (Wildman–Crippen MR) is 134 cm³/mol. The Morgan fingerprint density at radius 2 is 2.00 bits per heavy atom. The van der Waals surface area contributed by atoms with Gasteiger partial charge in [0, 0.05) is 11.0 Å². The van der Waals surface area contributed by atoms with Crippen molar-refractivity contribution in [1.29, 1.82) is 0 Å². The predicted octanol–water partition coefficient (Wildman–Crippen LogP) is 6.68. The van der Waals surface area contributed by atoms with Crippen LogP contribution in [0.2, 0.25) is 0 Å². The minimum Gasteiger partial charge on any atom is -0.485 e. The molecule has 0 aliphatic rings. The Kier molecular flexibility index (Phi) is 9.01. The highest BCUT2D eigenvalue weighted by molar-refractivity contribution is 9.10. The Labute approximate surface area is 214 Å². The van der Waals surface area contributed by atoms with Crippen LogP contribution in [-0.4, -0.2) is 26.4 Å². The van der Waals surface area contributed by atoms with Gasteiger partial charge in [0.1, 0.15) is 12.4 Å². The van der Waals surface area contributed by atoms with Crippen LogP contribution in [-0.2, 0) is 24.1 Å². The molecule has 6 nitrogen and oxygen atoms in total. The molecule has 1 aromatic heterocycles. The zero-order valence-corrected chi connectivity index (χ0v) is 21.5. The number of nitrogens with zero attached hydrogens (tertiary/aromatic N) is 3. The van der Waals surface area contributed by atoms with Gasteiger partial charge in [0.2, 0.25) is 5.91 Å². The van der Waals surface area contributed by atoms with E-state index in [2.05, 4.69) is 51.9 Å². The molecular weight excluding hydrogens is 545 g/mol. The van der Waals surface area contributed by atoms with Gasteiger partial charge in [-0.15, -0.1) is 16.8 Å². The molecule has 0 atom stereocenters. The van der Waals surface area contributed by atoms with Crippen LogP contribution in [0.25, 0.3) is 0 Å². The van der Waals surface area contributed by atoms with Crippen molar-refractivity contribution in [2.45, 2.75) is 44.2 Å². The summed E-state index contributed by atoms with van der Waals surface area (Å²) in [6.07, 6.45) is -2.91. The second kappa shape index (κ2) is 11.8.